The molecule has 0 bridgehead atoms. The highest BCUT2D eigenvalue weighted by Gasteiger charge is 2.26. The molecule has 1 N–H and O–H groups in total. The van der Waals surface area contributed by atoms with E-state index in [9.17, 15) is 9.59 Å². The van der Waals surface area contributed by atoms with Crippen LogP contribution >= 0.6 is 23.1 Å². The molecule has 3 aromatic heterocycles. The van der Waals surface area contributed by atoms with Gasteiger partial charge in [-0.05, 0) is 42.5 Å². The number of aromatic nitrogens is 3. The van der Waals surface area contributed by atoms with Crippen LogP contribution in [0.1, 0.15) is 30.6 Å². The summed E-state index contributed by atoms with van der Waals surface area (Å²) < 4.78 is 7.29. The zero-order chi connectivity index (χ0) is 25.1. The van der Waals surface area contributed by atoms with E-state index in [-0.39, 0.29) is 12.5 Å². The van der Waals surface area contributed by atoms with Gasteiger partial charge in [-0.15, -0.1) is 21.5 Å². The van der Waals surface area contributed by atoms with Gasteiger partial charge in [0.15, 0.2) is 10.8 Å². The number of fused-ring (bicyclic) bond motifs is 3. The highest BCUT2D eigenvalue weighted by molar-refractivity contribution is 8.00. The summed E-state index contributed by atoms with van der Waals surface area (Å²) in [6.45, 7) is 3.97. The van der Waals surface area contributed by atoms with E-state index in [1.54, 1.807) is 6.92 Å². The highest BCUT2D eigenvalue weighted by atomic mass is 32.2. The molecule has 0 aliphatic heterocycles. The van der Waals surface area contributed by atoms with Crippen molar-refractivity contribution in [2.45, 2.75) is 30.7 Å². The molecule has 1 amide bonds. The fraction of sp³-hybridized carbons (Fsp3) is 0.185. The van der Waals surface area contributed by atoms with Crippen molar-refractivity contribution >= 4 is 56.5 Å². The van der Waals surface area contributed by atoms with Crippen molar-refractivity contribution in [1.82, 2.24) is 14.6 Å². The zero-order valence-corrected chi connectivity index (χ0v) is 21.4. The molecule has 3 heterocycles. The summed E-state index contributed by atoms with van der Waals surface area (Å²) in [5.74, 6) is -0.657. The maximum absolute atomic E-state index is 13.4. The number of anilines is 1. The largest absolute Gasteiger partial charge is 0.462 e. The first kappa shape index (κ1) is 24.0. The number of nitrogens with zero attached hydrogens (tertiary/aromatic N) is 3. The summed E-state index contributed by atoms with van der Waals surface area (Å²) in [6, 6.07) is 21.5. The Labute approximate surface area is 216 Å². The third-order valence-corrected chi connectivity index (χ3v) is 7.95. The van der Waals surface area contributed by atoms with Crippen molar-refractivity contribution < 1.29 is 14.3 Å². The van der Waals surface area contributed by atoms with Gasteiger partial charge in [-0.1, -0.05) is 67.2 Å². The molecule has 1 unspecified atom stereocenters. The maximum atomic E-state index is 13.4. The van der Waals surface area contributed by atoms with Gasteiger partial charge in [0.2, 0.25) is 5.91 Å². The fourth-order valence-electron chi connectivity index (χ4n) is 4.02. The van der Waals surface area contributed by atoms with E-state index in [2.05, 4.69) is 15.5 Å². The molecule has 1 atom stereocenters. The van der Waals surface area contributed by atoms with Crippen LogP contribution in [0.2, 0.25) is 0 Å². The van der Waals surface area contributed by atoms with Gasteiger partial charge in [0.05, 0.1) is 17.4 Å². The van der Waals surface area contributed by atoms with Gasteiger partial charge in [-0.3, -0.25) is 9.20 Å². The minimum atomic E-state index is -0.455. The third kappa shape index (κ3) is 4.59. The Hall–Kier alpha value is -3.69. The normalized spacial score (nSPS) is 12.1. The molecule has 7 nitrogen and oxygen atoms in total. The van der Waals surface area contributed by atoms with E-state index in [0.29, 0.717) is 22.1 Å². The van der Waals surface area contributed by atoms with Crippen LogP contribution in [0.4, 0.5) is 5.00 Å². The minimum Gasteiger partial charge on any atom is -0.462 e. The van der Waals surface area contributed by atoms with E-state index in [1.165, 1.54) is 23.1 Å². The molecule has 2 aromatic carbocycles. The summed E-state index contributed by atoms with van der Waals surface area (Å²) in [7, 11) is 0. The Bertz CT molecular complexity index is 1550. The highest BCUT2D eigenvalue weighted by Crippen LogP contribution is 2.37. The van der Waals surface area contributed by atoms with Crippen molar-refractivity contribution in [3.8, 4) is 11.1 Å². The number of benzene rings is 2. The molecule has 0 spiro atoms. The van der Waals surface area contributed by atoms with Gasteiger partial charge in [0.25, 0.3) is 0 Å². The lowest BCUT2D eigenvalue weighted by atomic mass is 10.0. The predicted octanol–water partition coefficient (Wildman–Crippen LogP) is 6.30. The molecule has 0 aliphatic rings. The Morgan fingerprint density at radius 3 is 2.58 bits per heavy atom. The van der Waals surface area contributed by atoms with Crippen molar-refractivity contribution in [1.29, 1.82) is 0 Å². The molecule has 0 radical (unpaired) electrons. The maximum Gasteiger partial charge on any atom is 0.341 e. The smallest absolute Gasteiger partial charge is 0.341 e. The number of rotatable bonds is 8. The number of hydrogen-bond acceptors (Lipinski definition) is 7. The lowest BCUT2D eigenvalue weighted by molar-refractivity contribution is -0.115. The van der Waals surface area contributed by atoms with Crippen LogP contribution in [0, 0.1) is 0 Å². The molecule has 9 heteroatoms. The Kier molecular flexibility index (Phi) is 7.02. The molecule has 182 valence electrons. The first-order valence-electron chi connectivity index (χ1n) is 11.6. The van der Waals surface area contributed by atoms with E-state index >= 15 is 0 Å². The van der Waals surface area contributed by atoms with E-state index in [4.69, 9.17) is 4.74 Å². The first-order valence-corrected chi connectivity index (χ1v) is 13.4. The number of pyridine rings is 1. The number of nitrogens with one attached hydrogen (secondary N) is 1. The summed E-state index contributed by atoms with van der Waals surface area (Å²) in [5.41, 5.74) is 3.71. The molecule has 0 fully saturated rings. The number of thiophene rings is 1. The minimum absolute atomic E-state index is 0.202. The summed E-state index contributed by atoms with van der Waals surface area (Å²) in [6.07, 6.45) is 0.571. The van der Waals surface area contributed by atoms with Gasteiger partial charge < -0.3 is 10.1 Å². The average Bonchev–Trinajstić information content (AvgIpc) is 3.52. The fourth-order valence-corrected chi connectivity index (χ4v) is 5.95. The predicted molar refractivity (Wildman–Crippen MR) is 145 cm³/mol. The molecular weight excluding hydrogens is 492 g/mol. The van der Waals surface area contributed by atoms with Crippen LogP contribution in [0.15, 0.2) is 77.3 Å². The number of carbonyl (C=O) groups excluding carboxylic acids is 2. The molecule has 0 saturated heterocycles. The van der Waals surface area contributed by atoms with Crippen LogP contribution in [0.25, 0.3) is 27.7 Å². The van der Waals surface area contributed by atoms with Crippen LogP contribution in [0.5, 0.6) is 0 Å². The Morgan fingerprint density at radius 2 is 1.81 bits per heavy atom. The quantitative estimate of drug-likeness (QED) is 0.192. The lowest BCUT2D eigenvalue weighted by Gasteiger charge is -2.14. The first-order chi connectivity index (χ1) is 17.6. The summed E-state index contributed by atoms with van der Waals surface area (Å²) in [4.78, 5) is 26.3. The van der Waals surface area contributed by atoms with Crippen molar-refractivity contribution in [2.75, 3.05) is 11.9 Å². The van der Waals surface area contributed by atoms with Crippen LogP contribution < -0.4 is 5.32 Å². The van der Waals surface area contributed by atoms with Crippen molar-refractivity contribution in [2.24, 2.45) is 0 Å². The number of carbonyl (C=O) groups is 2. The number of esters is 1. The number of ether oxygens (including phenoxy) is 1. The topological polar surface area (TPSA) is 85.6 Å². The number of hydrogen-bond donors (Lipinski definition) is 1. The molecule has 5 rings (SSSR count). The van der Waals surface area contributed by atoms with Gasteiger partial charge in [0.1, 0.15) is 10.6 Å². The second-order valence-corrected chi connectivity index (χ2v) is 10.1. The third-order valence-electron chi connectivity index (χ3n) is 5.75. The van der Waals surface area contributed by atoms with E-state index < -0.39 is 11.2 Å². The number of thioether (sulfide) groups is 1. The van der Waals surface area contributed by atoms with Crippen molar-refractivity contribution in [3.05, 3.63) is 77.7 Å². The Balaban J connectivity index is 1.45. The van der Waals surface area contributed by atoms with Crippen molar-refractivity contribution in [3.63, 3.8) is 0 Å². The van der Waals surface area contributed by atoms with E-state index in [0.717, 1.165) is 27.7 Å². The number of para-hydroxylation sites is 1. The summed E-state index contributed by atoms with van der Waals surface area (Å²) >= 11 is 2.68. The molecule has 0 saturated carbocycles. The monoisotopic (exact) mass is 516 g/mol. The van der Waals surface area contributed by atoms with Crippen LogP contribution in [0.3, 0.4) is 0 Å². The van der Waals surface area contributed by atoms with Crippen LogP contribution in [-0.2, 0) is 9.53 Å². The molecule has 0 aliphatic carbocycles. The lowest BCUT2D eigenvalue weighted by Crippen LogP contribution is -2.25. The van der Waals surface area contributed by atoms with E-state index in [1.807, 2.05) is 83.4 Å². The van der Waals surface area contributed by atoms with Crippen LogP contribution in [-0.4, -0.2) is 38.3 Å². The molecule has 5 aromatic rings. The SMILES string of the molecule is CCOC(=O)c1c(-c2ccccc2)csc1NC(=O)C(CC)Sc1nnc2ccc3ccccc3n12. The van der Waals surface area contributed by atoms with Gasteiger partial charge in [-0.25, -0.2) is 4.79 Å². The second kappa shape index (κ2) is 10.5. The molecule has 36 heavy (non-hydrogen) atoms. The van der Waals surface area contributed by atoms with Gasteiger partial charge >= 0.3 is 5.97 Å². The van der Waals surface area contributed by atoms with Gasteiger partial charge in [0, 0.05) is 10.9 Å². The Morgan fingerprint density at radius 1 is 1.03 bits per heavy atom. The number of amides is 1. The standard InChI is InChI=1S/C27H24N4O3S2/c1-3-21(36-27-30-29-22-15-14-18-12-8-9-13-20(18)31(22)27)24(32)28-25-23(26(33)34-4-2)19(16-35-25)17-10-6-5-7-11-17/h5-16,21H,3-4H2,1-2H3,(H,28,32). The van der Waals surface area contributed by atoms with Gasteiger partial charge in [-0.2, -0.15) is 0 Å². The summed E-state index contributed by atoms with van der Waals surface area (Å²) in [5, 5.41) is 15.3. The second-order valence-electron chi connectivity index (χ2n) is 8.01. The zero-order valence-electron chi connectivity index (χ0n) is 19.8. The molecular formula is C27H24N4O3S2. The average molecular weight is 517 g/mol.